The number of fused-ring (bicyclic) bond motifs is 1. The van der Waals surface area contributed by atoms with Gasteiger partial charge in [-0.2, -0.15) is 0 Å². The number of ketones is 1. The van der Waals surface area contributed by atoms with Gasteiger partial charge in [-0.25, -0.2) is 4.39 Å². The first-order valence-electron chi connectivity index (χ1n) is 5.46. The summed E-state index contributed by atoms with van der Waals surface area (Å²) >= 11 is 5.69. The van der Waals surface area contributed by atoms with Gasteiger partial charge in [0.15, 0.2) is 5.78 Å². The van der Waals surface area contributed by atoms with Crippen molar-refractivity contribution in [1.82, 2.24) is 0 Å². The molecule has 0 amide bonds. The first-order valence-corrected chi connectivity index (χ1v) is 5.84. The molecule has 2 rings (SSSR count). The van der Waals surface area contributed by atoms with Gasteiger partial charge in [-0.05, 0) is 19.1 Å². The number of carbonyl (C=O) groups excluding carboxylic acids is 1. The molecular weight excluding hydrogens is 261 g/mol. The van der Waals surface area contributed by atoms with E-state index in [4.69, 9.17) is 16.7 Å². The molecule has 1 N–H and O–H groups in total. The Labute approximate surface area is 108 Å². The molecule has 96 valence electrons. The first kappa shape index (κ1) is 12.8. The summed E-state index contributed by atoms with van der Waals surface area (Å²) in [6.45, 7) is 2.43. The Bertz CT molecular complexity index is 532. The van der Waals surface area contributed by atoms with Crippen LogP contribution in [0.5, 0.6) is 0 Å². The van der Waals surface area contributed by atoms with E-state index in [0.717, 1.165) is 6.07 Å². The van der Waals surface area contributed by atoms with Gasteiger partial charge in [-0.3, -0.25) is 9.59 Å². The smallest absolute Gasteiger partial charge is 0.316 e. The zero-order chi connectivity index (χ0) is 13.4. The quantitative estimate of drug-likeness (QED) is 0.838. The molecule has 1 aliphatic heterocycles. The van der Waals surface area contributed by atoms with Crippen LogP contribution in [-0.4, -0.2) is 29.9 Å². The van der Waals surface area contributed by atoms with Crippen molar-refractivity contribution < 1.29 is 19.1 Å². The Morgan fingerprint density at radius 1 is 1.61 bits per heavy atom. The standard InChI is InChI=1S/C12H11ClFNO3/c1-2-15-5-7(12(17)18)11(16)6-3-9(14)8(13)4-10(6)15/h3-4,7H,2,5H2,1H3,(H,17,18). The summed E-state index contributed by atoms with van der Waals surface area (Å²) in [5.74, 6) is -3.64. The summed E-state index contributed by atoms with van der Waals surface area (Å²) in [7, 11) is 0. The maximum atomic E-state index is 13.4. The average Bonchev–Trinajstić information content (AvgIpc) is 2.32. The number of rotatable bonds is 2. The lowest BCUT2D eigenvalue weighted by molar-refractivity contribution is -0.139. The largest absolute Gasteiger partial charge is 0.481 e. The Morgan fingerprint density at radius 3 is 2.83 bits per heavy atom. The van der Waals surface area contributed by atoms with E-state index in [1.54, 1.807) is 4.90 Å². The van der Waals surface area contributed by atoms with E-state index in [9.17, 15) is 14.0 Å². The number of carbonyl (C=O) groups is 2. The fraction of sp³-hybridized carbons (Fsp3) is 0.333. The highest BCUT2D eigenvalue weighted by molar-refractivity contribution is 6.31. The summed E-state index contributed by atoms with van der Waals surface area (Å²) in [6, 6.07) is 2.38. The molecule has 1 aliphatic rings. The molecule has 0 saturated carbocycles. The van der Waals surface area contributed by atoms with Crippen LogP contribution in [-0.2, 0) is 4.79 Å². The third-order valence-corrected chi connectivity index (χ3v) is 3.33. The Kier molecular flexibility index (Phi) is 3.26. The third-order valence-electron chi connectivity index (χ3n) is 3.04. The van der Waals surface area contributed by atoms with Gasteiger partial charge in [0.1, 0.15) is 11.7 Å². The lowest BCUT2D eigenvalue weighted by Gasteiger charge is -2.32. The Hall–Kier alpha value is -1.62. The van der Waals surface area contributed by atoms with Crippen LogP contribution in [0.1, 0.15) is 17.3 Å². The zero-order valence-electron chi connectivity index (χ0n) is 9.61. The van der Waals surface area contributed by atoms with Crippen molar-refractivity contribution in [2.45, 2.75) is 6.92 Å². The van der Waals surface area contributed by atoms with E-state index in [1.807, 2.05) is 6.92 Å². The average molecular weight is 272 g/mol. The lowest BCUT2D eigenvalue weighted by Crippen LogP contribution is -2.42. The van der Waals surface area contributed by atoms with Crippen LogP contribution in [0.15, 0.2) is 12.1 Å². The number of hydrogen-bond acceptors (Lipinski definition) is 3. The van der Waals surface area contributed by atoms with Gasteiger partial charge in [-0.15, -0.1) is 0 Å². The number of halogens is 2. The lowest BCUT2D eigenvalue weighted by atomic mass is 9.91. The third kappa shape index (κ3) is 1.95. The highest BCUT2D eigenvalue weighted by Gasteiger charge is 2.36. The van der Waals surface area contributed by atoms with Crippen LogP contribution in [0, 0.1) is 11.7 Å². The molecule has 0 fully saturated rings. The molecule has 6 heteroatoms. The Morgan fingerprint density at radius 2 is 2.28 bits per heavy atom. The second-order valence-electron chi connectivity index (χ2n) is 4.08. The molecule has 4 nitrogen and oxygen atoms in total. The van der Waals surface area contributed by atoms with Crippen LogP contribution in [0.25, 0.3) is 0 Å². The number of benzene rings is 1. The van der Waals surface area contributed by atoms with Crippen LogP contribution < -0.4 is 4.90 Å². The SMILES string of the molecule is CCN1CC(C(=O)O)C(=O)c2cc(F)c(Cl)cc21. The molecular formula is C12H11ClFNO3. The number of anilines is 1. The van der Waals surface area contributed by atoms with Crippen LogP contribution in [0.3, 0.4) is 0 Å². The number of carboxylic acids is 1. The van der Waals surface area contributed by atoms with Gasteiger partial charge < -0.3 is 10.0 Å². The van der Waals surface area contributed by atoms with Crippen molar-refractivity contribution in [2.75, 3.05) is 18.0 Å². The minimum atomic E-state index is -1.19. The molecule has 1 heterocycles. The minimum Gasteiger partial charge on any atom is -0.481 e. The molecule has 0 aromatic heterocycles. The number of carboxylic acid groups (broad SMARTS) is 1. The molecule has 0 radical (unpaired) electrons. The van der Waals surface area contributed by atoms with Crippen molar-refractivity contribution >= 4 is 29.0 Å². The van der Waals surface area contributed by atoms with Gasteiger partial charge in [0.25, 0.3) is 0 Å². The number of Topliss-reactive ketones (excluding diaryl/α,β-unsaturated/α-hetero) is 1. The van der Waals surface area contributed by atoms with Crippen molar-refractivity contribution in [3.8, 4) is 0 Å². The van der Waals surface area contributed by atoms with Gasteiger partial charge in [0, 0.05) is 24.3 Å². The molecule has 1 atom stereocenters. The van der Waals surface area contributed by atoms with Crippen molar-refractivity contribution in [3.05, 3.63) is 28.5 Å². The van der Waals surface area contributed by atoms with Crippen LogP contribution in [0.4, 0.5) is 10.1 Å². The van der Waals surface area contributed by atoms with Gasteiger partial charge in [-0.1, -0.05) is 11.6 Å². The normalized spacial score (nSPS) is 18.7. The predicted octanol–water partition coefficient (Wildman–Crippen LogP) is 2.20. The second-order valence-corrected chi connectivity index (χ2v) is 4.48. The van der Waals surface area contributed by atoms with Gasteiger partial charge in [0.05, 0.1) is 5.02 Å². The summed E-state index contributed by atoms with van der Waals surface area (Å²) in [5.41, 5.74) is 0.573. The highest BCUT2D eigenvalue weighted by Crippen LogP contribution is 2.33. The van der Waals surface area contributed by atoms with E-state index in [0.29, 0.717) is 12.2 Å². The monoisotopic (exact) mass is 271 g/mol. The minimum absolute atomic E-state index is 0.0752. The molecule has 0 spiro atoms. The zero-order valence-corrected chi connectivity index (χ0v) is 10.4. The topological polar surface area (TPSA) is 57.6 Å². The number of nitrogens with zero attached hydrogens (tertiary/aromatic N) is 1. The maximum Gasteiger partial charge on any atom is 0.316 e. The van der Waals surface area contributed by atoms with E-state index < -0.39 is 23.5 Å². The molecule has 1 unspecified atom stereocenters. The van der Waals surface area contributed by atoms with Crippen LogP contribution in [0.2, 0.25) is 5.02 Å². The predicted molar refractivity (Wildman–Crippen MR) is 64.8 cm³/mol. The maximum absolute atomic E-state index is 13.4. The van der Waals surface area contributed by atoms with Gasteiger partial charge >= 0.3 is 5.97 Å². The fourth-order valence-corrected chi connectivity index (χ4v) is 2.23. The van der Waals surface area contributed by atoms with E-state index in [-0.39, 0.29) is 17.1 Å². The van der Waals surface area contributed by atoms with Crippen molar-refractivity contribution in [3.63, 3.8) is 0 Å². The van der Waals surface area contributed by atoms with Gasteiger partial charge in [0.2, 0.25) is 0 Å². The Balaban J connectivity index is 2.57. The van der Waals surface area contributed by atoms with E-state index in [1.165, 1.54) is 6.07 Å². The fourth-order valence-electron chi connectivity index (χ4n) is 2.07. The highest BCUT2D eigenvalue weighted by atomic mass is 35.5. The van der Waals surface area contributed by atoms with E-state index in [2.05, 4.69) is 0 Å². The molecule has 1 aromatic carbocycles. The summed E-state index contributed by atoms with van der Waals surface area (Å²) in [4.78, 5) is 24.7. The summed E-state index contributed by atoms with van der Waals surface area (Å²) in [5, 5.41) is 8.93. The van der Waals surface area contributed by atoms with Crippen LogP contribution >= 0.6 is 11.6 Å². The molecule has 0 aliphatic carbocycles. The summed E-state index contributed by atoms with van der Waals surface area (Å²) in [6.07, 6.45) is 0. The summed E-state index contributed by atoms with van der Waals surface area (Å²) < 4.78 is 13.4. The van der Waals surface area contributed by atoms with Crippen molar-refractivity contribution in [1.29, 1.82) is 0 Å². The molecule has 0 saturated heterocycles. The number of hydrogen-bond donors (Lipinski definition) is 1. The molecule has 1 aromatic rings. The molecule has 0 bridgehead atoms. The van der Waals surface area contributed by atoms with Crippen molar-refractivity contribution in [2.24, 2.45) is 5.92 Å². The first-order chi connectivity index (χ1) is 8.45. The second kappa shape index (κ2) is 4.57. The molecule has 18 heavy (non-hydrogen) atoms. The van der Waals surface area contributed by atoms with E-state index >= 15 is 0 Å². The number of aliphatic carboxylic acids is 1.